The largest absolute Gasteiger partial charge is 0.387 e. The van der Waals surface area contributed by atoms with E-state index in [1.807, 2.05) is 37.3 Å². The minimum atomic E-state index is 0.204. The first-order valence-electron chi connectivity index (χ1n) is 10.2. The number of nitrogens with one attached hydrogen (secondary N) is 1. The number of fused-ring (bicyclic) bond motifs is 3. The van der Waals surface area contributed by atoms with Gasteiger partial charge in [-0.2, -0.15) is 0 Å². The van der Waals surface area contributed by atoms with Gasteiger partial charge in [0.2, 0.25) is 0 Å². The summed E-state index contributed by atoms with van der Waals surface area (Å²) >= 11 is 0. The van der Waals surface area contributed by atoms with Gasteiger partial charge in [0.1, 0.15) is 12.0 Å². The van der Waals surface area contributed by atoms with Crippen LogP contribution in [0.5, 0.6) is 0 Å². The highest BCUT2D eigenvalue weighted by atomic mass is 16.6. The van der Waals surface area contributed by atoms with Gasteiger partial charge >= 0.3 is 0 Å². The van der Waals surface area contributed by atoms with Crippen molar-refractivity contribution in [2.45, 2.75) is 33.9 Å². The Bertz CT molecular complexity index is 1200. The number of likely N-dealkylation sites (N-methyl/N-ethyl adjacent to an activating group) is 1. The standard InChI is InChI=1S/C22H27N7O/c1-15-17(3)28(12-11-27(4)5)21-20(15)22-24-19(25-29(22)14-23-21)13-30-26-16(2)18-9-7-6-8-10-18/h6-10,14H,11-13H2,1-5H3/p+1/b26-16+. The smallest absolute Gasteiger partial charge is 0.192 e. The number of aryl methyl sites for hydroxylation is 1. The first-order valence-corrected chi connectivity index (χ1v) is 10.2. The van der Waals surface area contributed by atoms with Crippen LogP contribution in [0.15, 0.2) is 41.8 Å². The van der Waals surface area contributed by atoms with Gasteiger partial charge < -0.3 is 14.3 Å². The number of aromatic nitrogens is 5. The molecule has 30 heavy (non-hydrogen) atoms. The van der Waals surface area contributed by atoms with E-state index in [1.54, 1.807) is 10.8 Å². The van der Waals surface area contributed by atoms with Crippen LogP contribution in [-0.2, 0) is 18.0 Å². The molecule has 0 saturated heterocycles. The van der Waals surface area contributed by atoms with E-state index in [-0.39, 0.29) is 6.61 Å². The zero-order chi connectivity index (χ0) is 21.3. The summed E-state index contributed by atoms with van der Waals surface area (Å²) in [5.41, 5.74) is 6.01. The minimum absolute atomic E-state index is 0.204. The number of hydrogen-bond acceptors (Lipinski definition) is 5. The van der Waals surface area contributed by atoms with E-state index in [0.29, 0.717) is 5.82 Å². The molecule has 1 N–H and O–H groups in total. The third-order valence-corrected chi connectivity index (χ3v) is 5.41. The third-order valence-electron chi connectivity index (χ3n) is 5.41. The highest BCUT2D eigenvalue weighted by Crippen LogP contribution is 2.26. The highest BCUT2D eigenvalue weighted by Gasteiger charge is 2.18. The summed E-state index contributed by atoms with van der Waals surface area (Å²) in [6.07, 6.45) is 1.73. The molecule has 0 atom stereocenters. The van der Waals surface area contributed by atoms with Crippen molar-refractivity contribution in [1.29, 1.82) is 0 Å². The summed E-state index contributed by atoms with van der Waals surface area (Å²) in [4.78, 5) is 16.3. The van der Waals surface area contributed by atoms with E-state index in [2.05, 4.69) is 47.7 Å². The van der Waals surface area contributed by atoms with Crippen molar-refractivity contribution in [2.75, 3.05) is 20.6 Å². The molecule has 1 aromatic carbocycles. The lowest BCUT2D eigenvalue weighted by Gasteiger charge is -2.10. The quantitative estimate of drug-likeness (QED) is 0.375. The second-order valence-electron chi connectivity index (χ2n) is 7.87. The lowest BCUT2D eigenvalue weighted by molar-refractivity contribution is -0.858. The maximum Gasteiger partial charge on any atom is 0.192 e. The van der Waals surface area contributed by atoms with Crippen LogP contribution < -0.4 is 4.90 Å². The topological polar surface area (TPSA) is 74.0 Å². The van der Waals surface area contributed by atoms with Crippen molar-refractivity contribution in [3.63, 3.8) is 0 Å². The van der Waals surface area contributed by atoms with Crippen LogP contribution >= 0.6 is 0 Å². The fraction of sp³-hybridized carbons (Fsp3) is 0.364. The number of rotatable bonds is 7. The van der Waals surface area contributed by atoms with Crippen molar-refractivity contribution in [1.82, 2.24) is 24.1 Å². The first kappa shape index (κ1) is 20.0. The molecule has 0 aliphatic heterocycles. The van der Waals surface area contributed by atoms with Crippen LogP contribution in [0.3, 0.4) is 0 Å². The van der Waals surface area contributed by atoms with Gasteiger partial charge in [0.15, 0.2) is 18.1 Å². The summed E-state index contributed by atoms with van der Waals surface area (Å²) in [6, 6.07) is 9.94. The zero-order valence-electron chi connectivity index (χ0n) is 18.2. The van der Waals surface area contributed by atoms with Crippen LogP contribution in [0.1, 0.15) is 29.6 Å². The molecular weight excluding hydrogens is 378 g/mol. The summed E-state index contributed by atoms with van der Waals surface area (Å²) in [5, 5.41) is 9.77. The second kappa shape index (κ2) is 8.23. The lowest BCUT2D eigenvalue weighted by Crippen LogP contribution is -3.06. The summed E-state index contributed by atoms with van der Waals surface area (Å²) < 4.78 is 4.00. The number of nitrogens with zero attached hydrogens (tertiary/aromatic N) is 6. The Morgan fingerprint density at radius 1 is 1.13 bits per heavy atom. The molecule has 8 nitrogen and oxygen atoms in total. The molecule has 3 aromatic heterocycles. The van der Waals surface area contributed by atoms with E-state index >= 15 is 0 Å². The number of quaternary nitrogens is 1. The van der Waals surface area contributed by atoms with E-state index in [4.69, 9.17) is 9.82 Å². The van der Waals surface area contributed by atoms with Crippen molar-refractivity contribution < 1.29 is 9.74 Å². The average Bonchev–Trinajstić information content (AvgIpc) is 3.25. The fourth-order valence-electron chi connectivity index (χ4n) is 3.56. The normalized spacial score (nSPS) is 12.4. The zero-order valence-corrected chi connectivity index (χ0v) is 18.2. The molecule has 0 radical (unpaired) electrons. The Labute approximate surface area is 175 Å². The van der Waals surface area contributed by atoms with Gasteiger partial charge in [0.25, 0.3) is 0 Å². The lowest BCUT2D eigenvalue weighted by atomic mass is 10.1. The minimum Gasteiger partial charge on any atom is -0.387 e. The Kier molecular flexibility index (Phi) is 5.50. The molecule has 3 heterocycles. The van der Waals surface area contributed by atoms with Gasteiger partial charge in [-0.25, -0.2) is 14.5 Å². The predicted octanol–water partition coefficient (Wildman–Crippen LogP) is 1.78. The van der Waals surface area contributed by atoms with Crippen LogP contribution in [0.4, 0.5) is 0 Å². The molecule has 8 heteroatoms. The van der Waals surface area contributed by atoms with Crippen LogP contribution in [0, 0.1) is 13.8 Å². The average molecular weight is 407 g/mol. The first-order chi connectivity index (χ1) is 14.5. The monoisotopic (exact) mass is 406 g/mol. The Hall–Kier alpha value is -3.26. The molecule has 0 amide bonds. The van der Waals surface area contributed by atoms with Gasteiger partial charge in [0.05, 0.1) is 38.3 Å². The molecule has 4 rings (SSSR count). The molecule has 0 aliphatic rings. The maximum absolute atomic E-state index is 5.52. The summed E-state index contributed by atoms with van der Waals surface area (Å²) in [5.74, 6) is 0.580. The van der Waals surface area contributed by atoms with Gasteiger partial charge in [-0.3, -0.25) is 0 Å². The number of oxime groups is 1. The van der Waals surface area contributed by atoms with E-state index in [1.165, 1.54) is 16.2 Å². The maximum atomic E-state index is 5.52. The molecule has 4 aromatic rings. The Morgan fingerprint density at radius 3 is 2.63 bits per heavy atom. The molecule has 156 valence electrons. The number of hydrogen-bond donors (Lipinski definition) is 1. The van der Waals surface area contributed by atoms with Gasteiger partial charge in [-0.1, -0.05) is 35.5 Å². The molecule has 0 bridgehead atoms. The van der Waals surface area contributed by atoms with Crippen LogP contribution in [0.25, 0.3) is 16.7 Å². The van der Waals surface area contributed by atoms with Gasteiger partial charge in [0, 0.05) is 5.69 Å². The van der Waals surface area contributed by atoms with Crippen molar-refractivity contribution in [3.05, 3.63) is 59.3 Å². The Morgan fingerprint density at radius 2 is 1.90 bits per heavy atom. The van der Waals surface area contributed by atoms with Crippen molar-refractivity contribution >= 4 is 22.4 Å². The van der Waals surface area contributed by atoms with Crippen molar-refractivity contribution in [3.8, 4) is 0 Å². The molecule has 0 saturated carbocycles. The second-order valence-corrected chi connectivity index (χ2v) is 7.87. The van der Waals surface area contributed by atoms with E-state index in [0.717, 1.165) is 41.0 Å². The molecule has 0 unspecified atom stereocenters. The highest BCUT2D eigenvalue weighted by molar-refractivity contribution is 5.98. The summed E-state index contributed by atoms with van der Waals surface area (Å²) in [6.45, 7) is 8.33. The SMILES string of the molecule is C/C(=N\OCc1nc2c3c(C)c(C)n(CC[NH+](C)C)c3ncn2n1)c1ccccc1. The third kappa shape index (κ3) is 3.78. The number of benzene rings is 1. The summed E-state index contributed by atoms with van der Waals surface area (Å²) in [7, 11) is 4.32. The Balaban J connectivity index is 1.61. The van der Waals surface area contributed by atoms with Gasteiger partial charge in [-0.15, -0.1) is 5.10 Å². The van der Waals surface area contributed by atoms with Crippen LogP contribution in [0.2, 0.25) is 0 Å². The molecule has 0 spiro atoms. The van der Waals surface area contributed by atoms with Crippen molar-refractivity contribution in [2.24, 2.45) is 5.16 Å². The van der Waals surface area contributed by atoms with E-state index in [9.17, 15) is 0 Å². The predicted molar refractivity (Wildman–Crippen MR) is 117 cm³/mol. The van der Waals surface area contributed by atoms with E-state index < -0.39 is 0 Å². The molecular formula is C22H28N7O+. The fourth-order valence-corrected chi connectivity index (χ4v) is 3.56. The molecule has 0 fully saturated rings. The molecule has 0 aliphatic carbocycles. The van der Waals surface area contributed by atoms with Gasteiger partial charge in [-0.05, 0) is 31.9 Å². The van der Waals surface area contributed by atoms with Crippen LogP contribution in [-0.4, -0.2) is 50.5 Å².